The third kappa shape index (κ3) is 2.90. The maximum Gasteiger partial charge on any atom is 0.418 e. The molecule has 5 nitrogen and oxygen atoms in total. The van der Waals surface area contributed by atoms with Crippen LogP contribution in [-0.2, 0) is 12.7 Å². The average Bonchev–Trinajstić information content (AvgIpc) is 2.83. The van der Waals surface area contributed by atoms with Crippen LogP contribution in [0.15, 0.2) is 24.3 Å². The summed E-state index contributed by atoms with van der Waals surface area (Å²) in [6.45, 7) is 2.86. The standard InChI is InChI=1S/C11H12F3N5/c1-2-15-7-10-16-17-18-19(10)9-6-4-3-5-8(9)11(12,13)14/h3-6,15H,2,7H2,1H3. The molecule has 0 saturated carbocycles. The molecule has 1 aromatic carbocycles. The van der Waals surface area contributed by atoms with Crippen molar-refractivity contribution in [3.8, 4) is 5.69 Å². The lowest BCUT2D eigenvalue weighted by Crippen LogP contribution is -2.18. The minimum Gasteiger partial charge on any atom is -0.310 e. The summed E-state index contributed by atoms with van der Waals surface area (Å²) in [5, 5.41) is 13.8. The van der Waals surface area contributed by atoms with Crippen LogP contribution in [0.3, 0.4) is 0 Å². The average molecular weight is 271 g/mol. The Kier molecular flexibility index (Phi) is 3.79. The van der Waals surface area contributed by atoms with E-state index < -0.39 is 11.7 Å². The van der Waals surface area contributed by atoms with Gasteiger partial charge in [0, 0.05) is 0 Å². The third-order valence-corrected chi connectivity index (χ3v) is 2.50. The summed E-state index contributed by atoms with van der Waals surface area (Å²) in [7, 11) is 0. The largest absolute Gasteiger partial charge is 0.418 e. The smallest absolute Gasteiger partial charge is 0.310 e. The van der Waals surface area contributed by atoms with Crippen LogP contribution >= 0.6 is 0 Å². The molecule has 1 N–H and O–H groups in total. The SMILES string of the molecule is CCNCc1nnnn1-c1ccccc1C(F)(F)F. The summed E-state index contributed by atoms with van der Waals surface area (Å²) in [6.07, 6.45) is -4.45. The number of nitrogens with zero attached hydrogens (tertiary/aromatic N) is 4. The fourth-order valence-corrected chi connectivity index (χ4v) is 1.64. The summed E-state index contributed by atoms with van der Waals surface area (Å²) >= 11 is 0. The second-order valence-electron chi connectivity index (χ2n) is 3.80. The normalized spacial score (nSPS) is 11.8. The van der Waals surface area contributed by atoms with Crippen molar-refractivity contribution < 1.29 is 13.2 Å². The molecule has 0 aliphatic rings. The number of rotatable bonds is 4. The van der Waals surface area contributed by atoms with Crippen LogP contribution in [0.5, 0.6) is 0 Å². The molecule has 19 heavy (non-hydrogen) atoms. The third-order valence-electron chi connectivity index (χ3n) is 2.50. The lowest BCUT2D eigenvalue weighted by molar-refractivity contribution is -0.137. The Bertz CT molecular complexity index is 549. The Morgan fingerprint density at radius 3 is 2.68 bits per heavy atom. The van der Waals surface area contributed by atoms with Gasteiger partial charge in [0.1, 0.15) is 0 Å². The van der Waals surface area contributed by atoms with E-state index >= 15 is 0 Å². The number of benzene rings is 1. The van der Waals surface area contributed by atoms with Crippen LogP contribution < -0.4 is 5.32 Å². The van der Waals surface area contributed by atoms with E-state index in [4.69, 9.17) is 0 Å². The summed E-state index contributed by atoms with van der Waals surface area (Å²) in [6, 6.07) is 5.20. The van der Waals surface area contributed by atoms with Gasteiger partial charge in [-0.3, -0.25) is 0 Å². The van der Waals surface area contributed by atoms with Gasteiger partial charge >= 0.3 is 6.18 Å². The molecule has 102 valence electrons. The maximum atomic E-state index is 12.9. The molecule has 1 heterocycles. The number of alkyl halides is 3. The monoisotopic (exact) mass is 271 g/mol. The maximum absolute atomic E-state index is 12.9. The molecule has 0 saturated heterocycles. The Morgan fingerprint density at radius 2 is 2.00 bits per heavy atom. The van der Waals surface area contributed by atoms with E-state index in [-0.39, 0.29) is 5.69 Å². The van der Waals surface area contributed by atoms with Crippen LogP contribution in [-0.4, -0.2) is 26.8 Å². The van der Waals surface area contributed by atoms with Gasteiger partial charge in [-0.15, -0.1) is 5.10 Å². The Hall–Kier alpha value is -1.96. The Labute approximate surface area is 107 Å². The molecule has 1 aromatic heterocycles. The molecule has 0 radical (unpaired) electrons. The quantitative estimate of drug-likeness (QED) is 0.921. The van der Waals surface area contributed by atoms with Crippen molar-refractivity contribution in [2.75, 3.05) is 6.54 Å². The highest BCUT2D eigenvalue weighted by atomic mass is 19.4. The minimum absolute atomic E-state index is 0.0760. The fourth-order valence-electron chi connectivity index (χ4n) is 1.64. The van der Waals surface area contributed by atoms with E-state index in [2.05, 4.69) is 20.8 Å². The van der Waals surface area contributed by atoms with E-state index in [9.17, 15) is 13.2 Å². The highest BCUT2D eigenvalue weighted by Crippen LogP contribution is 2.33. The zero-order chi connectivity index (χ0) is 13.9. The van der Waals surface area contributed by atoms with Crippen molar-refractivity contribution in [2.24, 2.45) is 0 Å². The number of tetrazole rings is 1. The molecule has 0 fully saturated rings. The second-order valence-corrected chi connectivity index (χ2v) is 3.80. The first-order valence-corrected chi connectivity index (χ1v) is 5.68. The lowest BCUT2D eigenvalue weighted by Gasteiger charge is -2.13. The number of nitrogens with one attached hydrogen (secondary N) is 1. The Morgan fingerprint density at radius 1 is 1.26 bits per heavy atom. The molecule has 0 amide bonds. The van der Waals surface area contributed by atoms with Gasteiger partial charge in [-0.25, -0.2) is 0 Å². The predicted octanol–water partition coefficient (Wildman–Crippen LogP) is 1.79. The van der Waals surface area contributed by atoms with Gasteiger partial charge in [0.25, 0.3) is 0 Å². The number of para-hydroxylation sites is 1. The second kappa shape index (κ2) is 5.35. The van der Waals surface area contributed by atoms with Crippen LogP contribution in [0.4, 0.5) is 13.2 Å². The molecule has 2 rings (SSSR count). The number of hydrogen-bond donors (Lipinski definition) is 1. The molecule has 0 atom stereocenters. The van der Waals surface area contributed by atoms with Crippen molar-refractivity contribution in [1.82, 2.24) is 25.5 Å². The van der Waals surface area contributed by atoms with Gasteiger partial charge in [0.05, 0.1) is 17.8 Å². The number of hydrogen-bond acceptors (Lipinski definition) is 4. The van der Waals surface area contributed by atoms with Crippen LogP contribution in [0, 0.1) is 0 Å². The highest BCUT2D eigenvalue weighted by molar-refractivity contribution is 5.42. The number of aromatic nitrogens is 4. The first-order chi connectivity index (χ1) is 9.04. The van der Waals surface area contributed by atoms with Gasteiger partial charge in [-0.05, 0) is 29.1 Å². The molecule has 0 unspecified atom stereocenters. The van der Waals surface area contributed by atoms with Crippen molar-refractivity contribution in [3.05, 3.63) is 35.7 Å². The van der Waals surface area contributed by atoms with Gasteiger partial charge in [0.15, 0.2) is 5.82 Å². The molecular formula is C11H12F3N5. The van der Waals surface area contributed by atoms with Crippen molar-refractivity contribution in [3.63, 3.8) is 0 Å². The molecule has 0 bridgehead atoms. The van der Waals surface area contributed by atoms with Crippen LogP contribution in [0.25, 0.3) is 5.69 Å². The van der Waals surface area contributed by atoms with E-state index in [1.165, 1.54) is 18.2 Å². The van der Waals surface area contributed by atoms with E-state index in [0.717, 1.165) is 10.7 Å². The van der Waals surface area contributed by atoms with Gasteiger partial charge in [-0.1, -0.05) is 19.1 Å². The molecule has 8 heteroatoms. The molecule has 0 aliphatic carbocycles. The molecule has 0 aliphatic heterocycles. The van der Waals surface area contributed by atoms with Crippen molar-refractivity contribution in [2.45, 2.75) is 19.6 Å². The fraction of sp³-hybridized carbons (Fsp3) is 0.364. The van der Waals surface area contributed by atoms with Gasteiger partial charge in [-0.2, -0.15) is 17.9 Å². The number of halogens is 3. The predicted molar refractivity (Wildman–Crippen MR) is 61.5 cm³/mol. The zero-order valence-corrected chi connectivity index (χ0v) is 10.1. The topological polar surface area (TPSA) is 55.6 Å². The van der Waals surface area contributed by atoms with E-state index in [0.29, 0.717) is 18.9 Å². The van der Waals surface area contributed by atoms with Gasteiger partial charge < -0.3 is 5.32 Å². The first kappa shape index (κ1) is 13.5. The Balaban J connectivity index is 2.45. The summed E-state index contributed by atoms with van der Waals surface area (Å²) in [5.41, 5.74) is -0.840. The summed E-state index contributed by atoms with van der Waals surface area (Å²) in [5.74, 6) is 0.332. The lowest BCUT2D eigenvalue weighted by atomic mass is 10.1. The highest BCUT2D eigenvalue weighted by Gasteiger charge is 2.34. The van der Waals surface area contributed by atoms with E-state index in [1.807, 2.05) is 6.92 Å². The minimum atomic E-state index is -4.45. The van der Waals surface area contributed by atoms with Gasteiger partial charge in [0.2, 0.25) is 0 Å². The van der Waals surface area contributed by atoms with Crippen LogP contribution in [0.1, 0.15) is 18.3 Å². The summed E-state index contributed by atoms with van der Waals surface area (Å²) in [4.78, 5) is 0. The van der Waals surface area contributed by atoms with E-state index in [1.54, 1.807) is 0 Å². The molecule has 0 spiro atoms. The van der Waals surface area contributed by atoms with Crippen LogP contribution in [0.2, 0.25) is 0 Å². The molecular weight excluding hydrogens is 259 g/mol. The molecule has 2 aromatic rings. The first-order valence-electron chi connectivity index (χ1n) is 5.68. The van der Waals surface area contributed by atoms with Crippen molar-refractivity contribution in [1.29, 1.82) is 0 Å². The summed E-state index contributed by atoms with van der Waals surface area (Å²) < 4.78 is 39.9. The van der Waals surface area contributed by atoms with Crippen molar-refractivity contribution >= 4 is 0 Å². The zero-order valence-electron chi connectivity index (χ0n) is 10.1.